The molecule has 1 amide bonds. The summed E-state index contributed by atoms with van der Waals surface area (Å²) in [6.07, 6.45) is 3.17. The van der Waals surface area contributed by atoms with Crippen LogP contribution < -0.4 is 5.32 Å². The van der Waals surface area contributed by atoms with E-state index in [2.05, 4.69) is 22.4 Å². The highest BCUT2D eigenvalue weighted by molar-refractivity contribution is 5.94. The highest BCUT2D eigenvalue weighted by atomic mass is 16.1. The van der Waals surface area contributed by atoms with Crippen LogP contribution in [0.25, 0.3) is 0 Å². The van der Waals surface area contributed by atoms with Gasteiger partial charge in [-0.25, -0.2) is 0 Å². The summed E-state index contributed by atoms with van der Waals surface area (Å²) in [5, 5.41) is 9.88. The van der Waals surface area contributed by atoms with Crippen LogP contribution in [0.3, 0.4) is 0 Å². The molecule has 0 bridgehead atoms. The van der Waals surface area contributed by atoms with Gasteiger partial charge in [-0.05, 0) is 32.1 Å². The SMILES string of the molecule is CCNC(=O)c1n[nH]c2c1CC(C)CC2. The van der Waals surface area contributed by atoms with Gasteiger partial charge < -0.3 is 5.32 Å². The minimum absolute atomic E-state index is 0.0518. The second-order valence-electron chi connectivity index (χ2n) is 4.24. The van der Waals surface area contributed by atoms with Gasteiger partial charge in [0.15, 0.2) is 5.69 Å². The molecule has 1 heterocycles. The van der Waals surface area contributed by atoms with Crippen LogP contribution in [0.1, 0.15) is 42.0 Å². The topological polar surface area (TPSA) is 57.8 Å². The van der Waals surface area contributed by atoms with Gasteiger partial charge in [-0.2, -0.15) is 5.10 Å². The van der Waals surface area contributed by atoms with Gasteiger partial charge in [0.05, 0.1) is 0 Å². The molecule has 1 unspecified atom stereocenters. The van der Waals surface area contributed by atoms with Crippen molar-refractivity contribution in [2.24, 2.45) is 5.92 Å². The summed E-state index contributed by atoms with van der Waals surface area (Å²) in [4.78, 5) is 11.7. The highest BCUT2D eigenvalue weighted by Gasteiger charge is 2.24. The van der Waals surface area contributed by atoms with Crippen LogP contribution in [0, 0.1) is 5.92 Å². The predicted molar refractivity (Wildman–Crippen MR) is 57.8 cm³/mol. The third kappa shape index (κ3) is 1.89. The zero-order valence-electron chi connectivity index (χ0n) is 9.26. The van der Waals surface area contributed by atoms with Crippen molar-refractivity contribution in [3.05, 3.63) is 17.0 Å². The molecule has 1 aromatic rings. The van der Waals surface area contributed by atoms with Crippen LogP contribution in [-0.4, -0.2) is 22.6 Å². The second kappa shape index (κ2) is 4.04. The fraction of sp³-hybridized carbons (Fsp3) is 0.636. The average Bonchev–Trinajstić information content (AvgIpc) is 2.60. The van der Waals surface area contributed by atoms with Crippen molar-refractivity contribution < 1.29 is 4.79 Å². The van der Waals surface area contributed by atoms with E-state index >= 15 is 0 Å². The summed E-state index contributed by atoms with van der Waals surface area (Å²) in [5.41, 5.74) is 2.87. The Balaban J connectivity index is 2.26. The first-order chi connectivity index (χ1) is 7.22. The van der Waals surface area contributed by atoms with Crippen LogP contribution in [0.5, 0.6) is 0 Å². The molecule has 4 heteroatoms. The van der Waals surface area contributed by atoms with E-state index in [4.69, 9.17) is 0 Å². The number of nitrogens with one attached hydrogen (secondary N) is 2. The van der Waals surface area contributed by atoms with Gasteiger partial charge >= 0.3 is 0 Å². The van der Waals surface area contributed by atoms with Gasteiger partial charge in [0, 0.05) is 17.8 Å². The average molecular weight is 207 g/mol. The van der Waals surface area contributed by atoms with Crippen molar-refractivity contribution in [1.82, 2.24) is 15.5 Å². The molecule has 0 aliphatic heterocycles. The molecule has 1 aliphatic rings. The van der Waals surface area contributed by atoms with E-state index in [0.29, 0.717) is 18.2 Å². The molecule has 0 aromatic carbocycles. The molecular formula is C11H17N3O. The molecule has 0 saturated carbocycles. The van der Waals surface area contributed by atoms with Crippen molar-refractivity contribution in [3.63, 3.8) is 0 Å². The molecule has 15 heavy (non-hydrogen) atoms. The van der Waals surface area contributed by atoms with E-state index in [1.54, 1.807) is 0 Å². The number of rotatable bonds is 2. The van der Waals surface area contributed by atoms with Crippen molar-refractivity contribution in [2.75, 3.05) is 6.54 Å². The van der Waals surface area contributed by atoms with Gasteiger partial charge in [-0.1, -0.05) is 6.92 Å². The Morgan fingerprint density at radius 1 is 1.67 bits per heavy atom. The van der Waals surface area contributed by atoms with Crippen LogP contribution in [0.4, 0.5) is 0 Å². The molecule has 1 atom stereocenters. The minimum Gasteiger partial charge on any atom is -0.351 e. The number of aromatic nitrogens is 2. The van der Waals surface area contributed by atoms with Crippen molar-refractivity contribution in [2.45, 2.75) is 33.1 Å². The van der Waals surface area contributed by atoms with Crippen molar-refractivity contribution in [3.8, 4) is 0 Å². The van der Waals surface area contributed by atoms with E-state index in [1.807, 2.05) is 6.92 Å². The maximum atomic E-state index is 11.7. The van der Waals surface area contributed by atoms with E-state index in [1.165, 1.54) is 6.42 Å². The second-order valence-corrected chi connectivity index (χ2v) is 4.24. The minimum atomic E-state index is -0.0518. The molecule has 82 valence electrons. The smallest absolute Gasteiger partial charge is 0.272 e. The third-order valence-corrected chi connectivity index (χ3v) is 2.94. The van der Waals surface area contributed by atoms with Gasteiger partial charge in [0.1, 0.15) is 0 Å². The maximum absolute atomic E-state index is 11.7. The third-order valence-electron chi connectivity index (χ3n) is 2.94. The summed E-state index contributed by atoms with van der Waals surface area (Å²) in [7, 11) is 0. The summed E-state index contributed by atoms with van der Waals surface area (Å²) < 4.78 is 0. The molecule has 2 rings (SSSR count). The fourth-order valence-electron chi connectivity index (χ4n) is 2.10. The van der Waals surface area contributed by atoms with E-state index in [0.717, 1.165) is 24.1 Å². The lowest BCUT2D eigenvalue weighted by atomic mass is 9.88. The summed E-state index contributed by atoms with van der Waals surface area (Å²) in [6, 6.07) is 0. The number of hydrogen-bond donors (Lipinski definition) is 2. The zero-order chi connectivity index (χ0) is 10.8. The lowest BCUT2D eigenvalue weighted by Gasteiger charge is -2.17. The molecule has 0 saturated heterocycles. The Morgan fingerprint density at radius 3 is 3.20 bits per heavy atom. The van der Waals surface area contributed by atoms with Gasteiger partial charge in [0.2, 0.25) is 0 Å². The number of fused-ring (bicyclic) bond motifs is 1. The molecular weight excluding hydrogens is 190 g/mol. The van der Waals surface area contributed by atoms with Gasteiger partial charge in [-0.15, -0.1) is 0 Å². The van der Waals surface area contributed by atoms with Crippen LogP contribution in [-0.2, 0) is 12.8 Å². The van der Waals surface area contributed by atoms with Crippen LogP contribution in [0.2, 0.25) is 0 Å². The molecule has 1 aromatic heterocycles. The quantitative estimate of drug-likeness (QED) is 0.767. The summed E-state index contributed by atoms with van der Waals surface area (Å²) >= 11 is 0. The number of carbonyl (C=O) groups excluding carboxylic acids is 1. The fourth-order valence-corrected chi connectivity index (χ4v) is 2.10. The Kier molecular flexibility index (Phi) is 2.75. The summed E-state index contributed by atoms with van der Waals surface area (Å²) in [6.45, 7) is 4.78. The van der Waals surface area contributed by atoms with Crippen molar-refractivity contribution >= 4 is 5.91 Å². The number of H-pyrrole nitrogens is 1. The molecule has 2 N–H and O–H groups in total. The van der Waals surface area contributed by atoms with Gasteiger partial charge in [0.25, 0.3) is 5.91 Å². The van der Waals surface area contributed by atoms with Crippen LogP contribution in [0.15, 0.2) is 0 Å². The molecule has 0 fully saturated rings. The first kappa shape index (κ1) is 10.2. The number of carbonyl (C=O) groups is 1. The lowest BCUT2D eigenvalue weighted by Crippen LogP contribution is -2.25. The number of aromatic amines is 1. The Hall–Kier alpha value is -1.32. The number of nitrogens with zero attached hydrogens (tertiary/aromatic N) is 1. The number of aryl methyl sites for hydroxylation is 1. The largest absolute Gasteiger partial charge is 0.351 e. The molecule has 4 nitrogen and oxygen atoms in total. The van der Waals surface area contributed by atoms with E-state index in [9.17, 15) is 4.79 Å². The Bertz CT molecular complexity index is 370. The van der Waals surface area contributed by atoms with Crippen LogP contribution >= 0.6 is 0 Å². The Morgan fingerprint density at radius 2 is 2.47 bits per heavy atom. The van der Waals surface area contributed by atoms with E-state index in [-0.39, 0.29) is 5.91 Å². The predicted octanol–water partition coefficient (Wildman–Crippen LogP) is 1.28. The number of hydrogen-bond acceptors (Lipinski definition) is 2. The maximum Gasteiger partial charge on any atom is 0.272 e. The first-order valence-corrected chi connectivity index (χ1v) is 5.56. The highest BCUT2D eigenvalue weighted by Crippen LogP contribution is 2.25. The Labute approximate surface area is 89.5 Å². The number of amides is 1. The molecule has 0 spiro atoms. The lowest BCUT2D eigenvalue weighted by molar-refractivity contribution is 0.0949. The van der Waals surface area contributed by atoms with E-state index < -0.39 is 0 Å². The summed E-state index contributed by atoms with van der Waals surface area (Å²) in [5.74, 6) is 0.604. The zero-order valence-corrected chi connectivity index (χ0v) is 9.26. The van der Waals surface area contributed by atoms with Gasteiger partial charge in [-0.3, -0.25) is 9.89 Å². The standard InChI is InChI=1S/C11H17N3O/c1-3-12-11(15)10-8-6-7(2)4-5-9(8)13-14-10/h7H,3-6H2,1-2H3,(H,12,15)(H,13,14). The first-order valence-electron chi connectivity index (χ1n) is 5.56. The monoisotopic (exact) mass is 207 g/mol. The normalized spacial score (nSPS) is 19.7. The van der Waals surface area contributed by atoms with Crippen molar-refractivity contribution in [1.29, 1.82) is 0 Å². The molecule has 1 aliphatic carbocycles. The molecule has 0 radical (unpaired) electrons.